The summed E-state index contributed by atoms with van der Waals surface area (Å²) in [7, 11) is 0. The molecule has 0 aliphatic heterocycles. The van der Waals surface area contributed by atoms with Crippen molar-refractivity contribution in [1.29, 1.82) is 0 Å². The maximum atomic E-state index is 10.9. The smallest absolute Gasteiger partial charge is 0.327 e. The van der Waals surface area contributed by atoms with Crippen molar-refractivity contribution in [3.63, 3.8) is 0 Å². The number of aliphatic carboxylic acids is 1. The van der Waals surface area contributed by atoms with Gasteiger partial charge < -0.3 is 15.7 Å². The summed E-state index contributed by atoms with van der Waals surface area (Å²) in [6.45, 7) is 2.39. The van der Waals surface area contributed by atoms with Gasteiger partial charge in [0.05, 0.1) is 0 Å². The van der Waals surface area contributed by atoms with Gasteiger partial charge in [-0.25, -0.2) is 4.79 Å². The third-order valence-electron chi connectivity index (χ3n) is 2.83. The summed E-state index contributed by atoms with van der Waals surface area (Å²) < 4.78 is 0. The molecular formula is C12H20N2O3. The molecular weight excluding hydrogens is 220 g/mol. The molecule has 17 heavy (non-hydrogen) atoms. The largest absolute Gasteiger partial charge is 0.480 e. The van der Waals surface area contributed by atoms with Gasteiger partial charge in [0.25, 0.3) is 0 Å². The number of allylic oxidation sites excluding steroid dienone is 2. The first kappa shape index (κ1) is 13.7. The number of carboxylic acid groups (broad SMARTS) is 1. The number of amides is 1. The van der Waals surface area contributed by atoms with Crippen LogP contribution in [0.2, 0.25) is 0 Å². The minimum atomic E-state index is -1.00. The van der Waals surface area contributed by atoms with E-state index in [4.69, 9.17) is 5.11 Å². The van der Waals surface area contributed by atoms with E-state index < -0.39 is 12.0 Å². The molecule has 0 fully saturated rings. The molecule has 0 spiro atoms. The number of hydrogen-bond donors (Lipinski definition) is 3. The van der Waals surface area contributed by atoms with Gasteiger partial charge in [-0.15, -0.1) is 0 Å². The highest BCUT2D eigenvalue weighted by Crippen LogP contribution is 2.16. The average Bonchev–Trinajstić information content (AvgIpc) is 2.28. The second-order valence-electron chi connectivity index (χ2n) is 4.40. The minimum Gasteiger partial charge on any atom is -0.480 e. The van der Waals surface area contributed by atoms with Crippen molar-refractivity contribution >= 4 is 11.9 Å². The molecule has 2 unspecified atom stereocenters. The number of carbonyl (C=O) groups is 2. The zero-order valence-corrected chi connectivity index (χ0v) is 10.1. The van der Waals surface area contributed by atoms with Gasteiger partial charge in [0.1, 0.15) is 6.04 Å². The van der Waals surface area contributed by atoms with Crippen LogP contribution in [0.25, 0.3) is 0 Å². The average molecular weight is 240 g/mol. The van der Waals surface area contributed by atoms with E-state index in [-0.39, 0.29) is 12.5 Å². The zero-order valence-electron chi connectivity index (χ0n) is 10.1. The molecule has 0 heterocycles. The molecule has 0 aromatic rings. The summed E-state index contributed by atoms with van der Waals surface area (Å²) in [6, 6.07) is -0.841. The molecule has 0 radical (unpaired) electrons. The Morgan fingerprint density at radius 1 is 1.47 bits per heavy atom. The first-order valence-corrected chi connectivity index (χ1v) is 5.95. The van der Waals surface area contributed by atoms with Crippen LogP contribution in [0.15, 0.2) is 12.2 Å². The van der Waals surface area contributed by atoms with Crippen LogP contribution in [0, 0.1) is 5.92 Å². The van der Waals surface area contributed by atoms with E-state index in [1.54, 1.807) is 0 Å². The number of carboxylic acids is 1. The van der Waals surface area contributed by atoms with Crippen LogP contribution in [0.4, 0.5) is 0 Å². The van der Waals surface area contributed by atoms with Crippen molar-refractivity contribution in [3.05, 3.63) is 12.2 Å². The van der Waals surface area contributed by atoms with Crippen LogP contribution in [0.1, 0.15) is 26.2 Å². The van der Waals surface area contributed by atoms with Gasteiger partial charge in [-0.2, -0.15) is 0 Å². The Hall–Kier alpha value is -1.36. The van der Waals surface area contributed by atoms with E-state index in [0.29, 0.717) is 5.92 Å². The zero-order chi connectivity index (χ0) is 12.7. The summed E-state index contributed by atoms with van der Waals surface area (Å²) in [6.07, 6.45) is 7.62. The van der Waals surface area contributed by atoms with E-state index in [1.165, 1.54) is 6.92 Å². The molecule has 2 atom stereocenters. The minimum absolute atomic E-state index is 0.273. The lowest BCUT2D eigenvalue weighted by atomic mass is 9.94. The third kappa shape index (κ3) is 5.49. The fourth-order valence-corrected chi connectivity index (χ4v) is 1.92. The van der Waals surface area contributed by atoms with E-state index in [9.17, 15) is 9.59 Å². The van der Waals surface area contributed by atoms with Gasteiger partial charge in [-0.1, -0.05) is 12.2 Å². The number of hydrogen-bond acceptors (Lipinski definition) is 3. The fraction of sp³-hybridized carbons (Fsp3) is 0.667. The summed E-state index contributed by atoms with van der Waals surface area (Å²) in [5, 5.41) is 14.4. The molecule has 1 amide bonds. The lowest BCUT2D eigenvalue weighted by molar-refractivity contribution is -0.141. The van der Waals surface area contributed by atoms with Crippen LogP contribution >= 0.6 is 0 Å². The molecule has 0 bridgehead atoms. The van der Waals surface area contributed by atoms with Crippen molar-refractivity contribution in [3.8, 4) is 0 Å². The third-order valence-corrected chi connectivity index (χ3v) is 2.83. The van der Waals surface area contributed by atoms with Crippen LogP contribution in [-0.4, -0.2) is 36.1 Å². The molecule has 1 aliphatic rings. The van der Waals surface area contributed by atoms with Crippen molar-refractivity contribution in [2.75, 3.05) is 13.1 Å². The van der Waals surface area contributed by atoms with E-state index in [0.717, 1.165) is 25.8 Å². The highest BCUT2D eigenvalue weighted by atomic mass is 16.4. The van der Waals surface area contributed by atoms with Gasteiger partial charge in [0.2, 0.25) is 5.91 Å². The van der Waals surface area contributed by atoms with Gasteiger partial charge in [0, 0.05) is 13.5 Å². The first-order valence-electron chi connectivity index (χ1n) is 5.95. The summed E-state index contributed by atoms with van der Waals surface area (Å²) in [5.74, 6) is -0.747. The Balaban J connectivity index is 2.24. The number of rotatable bonds is 6. The molecule has 0 saturated carbocycles. The summed E-state index contributed by atoms with van der Waals surface area (Å²) in [5.41, 5.74) is 0. The molecule has 3 N–H and O–H groups in total. The monoisotopic (exact) mass is 240 g/mol. The number of nitrogens with one attached hydrogen (secondary N) is 2. The van der Waals surface area contributed by atoms with Crippen LogP contribution in [0.3, 0.4) is 0 Å². The van der Waals surface area contributed by atoms with Gasteiger partial charge >= 0.3 is 5.97 Å². The second kappa shape index (κ2) is 7.06. The molecule has 0 aromatic heterocycles. The Morgan fingerprint density at radius 3 is 2.76 bits per heavy atom. The van der Waals surface area contributed by atoms with E-state index in [1.807, 2.05) is 0 Å². The lowest BCUT2D eigenvalue weighted by Crippen LogP contribution is -2.47. The lowest BCUT2D eigenvalue weighted by Gasteiger charge is -2.20. The highest BCUT2D eigenvalue weighted by Gasteiger charge is 2.18. The SMILES string of the molecule is CC(=O)NC(CNCC1CC=CCC1)C(=O)O. The van der Waals surface area contributed by atoms with Gasteiger partial charge in [-0.3, -0.25) is 4.79 Å². The topological polar surface area (TPSA) is 78.4 Å². The molecule has 1 rings (SSSR count). The Bertz CT molecular complexity index is 302. The maximum absolute atomic E-state index is 10.9. The van der Waals surface area contributed by atoms with Gasteiger partial charge in [-0.05, 0) is 31.7 Å². The van der Waals surface area contributed by atoms with Crippen LogP contribution in [0.5, 0.6) is 0 Å². The summed E-state index contributed by atoms with van der Waals surface area (Å²) in [4.78, 5) is 21.7. The van der Waals surface area contributed by atoms with Crippen molar-refractivity contribution < 1.29 is 14.7 Å². The first-order chi connectivity index (χ1) is 8.09. The molecule has 1 aliphatic carbocycles. The quantitative estimate of drug-likeness (QED) is 0.591. The standard InChI is InChI=1S/C12H20N2O3/c1-9(15)14-11(12(16)17)8-13-7-10-5-3-2-4-6-10/h2-3,10-11,13H,4-8H2,1H3,(H,14,15)(H,16,17). The fourth-order valence-electron chi connectivity index (χ4n) is 1.92. The molecule has 5 nitrogen and oxygen atoms in total. The van der Waals surface area contributed by atoms with Crippen molar-refractivity contribution in [2.24, 2.45) is 5.92 Å². The second-order valence-corrected chi connectivity index (χ2v) is 4.40. The molecule has 96 valence electrons. The van der Waals surface area contributed by atoms with Crippen molar-refractivity contribution in [2.45, 2.75) is 32.2 Å². The van der Waals surface area contributed by atoms with Crippen LogP contribution < -0.4 is 10.6 Å². The van der Waals surface area contributed by atoms with E-state index in [2.05, 4.69) is 22.8 Å². The molecule has 5 heteroatoms. The van der Waals surface area contributed by atoms with Crippen molar-refractivity contribution in [1.82, 2.24) is 10.6 Å². The predicted molar refractivity (Wildman–Crippen MR) is 64.6 cm³/mol. The Morgan fingerprint density at radius 2 is 2.24 bits per heavy atom. The van der Waals surface area contributed by atoms with Crippen LogP contribution in [-0.2, 0) is 9.59 Å². The highest BCUT2D eigenvalue weighted by molar-refractivity contribution is 5.82. The molecule has 0 saturated heterocycles. The summed E-state index contributed by atoms with van der Waals surface area (Å²) >= 11 is 0. The van der Waals surface area contributed by atoms with E-state index >= 15 is 0 Å². The van der Waals surface area contributed by atoms with Gasteiger partial charge in [0.15, 0.2) is 0 Å². The normalized spacial score (nSPS) is 20.9. The number of carbonyl (C=O) groups excluding carboxylic acids is 1. The maximum Gasteiger partial charge on any atom is 0.327 e. The predicted octanol–water partition coefficient (Wildman–Crippen LogP) is 0.522. The Kier molecular flexibility index (Phi) is 5.69. The molecule has 0 aromatic carbocycles. The Labute approximate surface area is 101 Å².